The van der Waals surface area contributed by atoms with E-state index in [4.69, 9.17) is 0 Å². The van der Waals surface area contributed by atoms with Gasteiger partial charge in [0.1, 0.15) is 10.2 Å². The van der Waals surface area contributed by atoms with Crippen LogP contribution in [-0.4, -0.2) is 22.3 Å². The molecule has 0 unspecified atom stereocenters. The van der Waals surface area contributed by atoms with Crippen molar-refractivity contribution in [3.63, 3.8) is 0 Å². The van der Waals surface area contributed by atoms with E-state index in [0.717, 1.165) is 15.5 Å². The quantitative estimate of drug-likeness (QED) is 0.822. The third-order valence-electron chi connectivity index (χ3n) is 1.83. The average Bonchev–Trinajstić information content (AvgIpc) is 2.61. The second-order valence-electron chi connectivity index (χ2n) is 4.39. The second kappa shape index (κ2) is 5.82. The standard InChI is InChI=1S/C7H5BrN2.C5H10O2/c8-7-5-3-1-2-4-6(5)9-10-7;1-5(2,3)7-4-6/h1-4H,(H,9,10);4H,1-3H3. The molecule has 1 N–H and O–H groups in total. The molecule has 1 aromatic carbocycles. The van der Waals surface area contributed by atoms with Gasteiger partial charge in [-0.15, -0.1) is 0 Å². The molecule has 1 aromatic heterocycles. The summed E-state index contributed by atoms with van der Waals surface area (Å²) in [7, 11) is 0. The molecule has 5 heteroatoms. The number of hydrogen-bond donors (Lipinski definition) is 1. The first kappa shape index (κ1) is 13.7. The fourth-order valence-corrected chi connectivity index (χ4v) is 1.51. The number of benzene rings is 1. The summed E-state index contributed by atoms with van der Waals surface area (Å²) < 4.78 is 5.43. The van der Waals surface area contributed by atoms with E-state index in [1.807, 2.05) is 45.0 Å². The molecule has 0 spiro atoms. The highest BCUT2D eigenvalue weighted by Gasteiger charge is 2.07. The van der Waals surface area contributed by atoms with Crippen molar-refractivity contribution in [2.24, 2.45) is 0 Å². The lowest BCUT2D eigenvalue weighted by atomic mass is 10.2. The third kappa shape index (κ3) is 4.56. The number of aromatic amines is 1. The second-order valence-corrected chi connectivity index (χ2v) is 5.14. The molecule has 0 amide bonds. The smallest absolute Gasteiger partial charge is 0.293 e. The van der Waals surface area contributed by atoms with Gasteiger partial charge in [0, 0.05) is 5.39 Å². The van der Waals surface area contributed by atoms with Crippen LogP contribution in [0.15, 0.2) is 28.9 Å². The third-order valence-corrected chi connectivity index (χ3v) is 2.43. The van der Waals surface area contributed by atoms with Crippen molar-refractivity contribution in [2.75, 3.05) is 0 Å². The largest absolute Gasteiger partial charge is 0.462 e. The van der Waals surface area contributed by atoms with Crippen molar-refractivity contribution >= 4 is 33.3 Å². The normalized spacial score (nSPS) is 10.6. The van der Waals surface area contributed by atoms with E-state index in [9.17, 15) is 4.79 Å². The number of rotatable bonds is 1. The molecule has 2 aromatic rings. The van der Waals surface area contributed by atoms with E-state index < -0.39 is 0 Å². The molecule has 17 heavy (non-hydrogen) atoms. The van der Waals surface area contributed by atoms with Crippen LogP contribution in [0.2, 0.25) is 0 Å². The lowest BCUT2D eigenvalue weighted by Crippen LogP contribution is -2.17. The van der Waals surface area contributed by atoms with E-state index in [-0.39, 0.29) is 5.60 Å². The molecule has 0 saturated heterocycles. The number of halogens is 1. The summed E-state index contributed by atoms with van der Waals surface area (Å²) in [6.45, 7) is 5.92. The molecule has 1 heterocycles. The lowest BCUT2D eigenvalue weighted by Gasteiger charge is -2.14. The van der Waals surface area contributed by atoms with E-state index in [2.05, 4.69) is 30.9 Å². The number of hydrogen-bond acceptors (Lipinski definition) is 3. The van der Waals surface area contributed by atoms with Gasteiger partial charge < -0.3 is 4.74 Å². The molecule has 4 nitrogen and oxygen atoms in total. The highest BCUT2D eigenvalue weighted by molar-refractivity contribution is 9.10. The summed E-state index contributed by atoms with van der Waals surface area (Å²) in [5, 5.41) is 8.01. The highest BCUT2D eigenvalue weighted by atomic mass is 79.9. The first-order valence-corrected chi connectivity index (χ1v) is 5.93. The van der Waals surface area contributed by atoms with Crippen molar-refractivity contribution in [3.05, 3.63) is 28.9 Å². The van der Waals surface area contributed by atoms with Crippen molar-refractivity contribution in [1.29, 1.82) is 0 Å². The number of carbonyl (C=O) groups is 1. The Hall–Kier alpha value is -1.36. The Kier molecular flexibility index (Phi) is 4.69. The van der Waals surface area contributed by atoms with Crippen molar-refractivity contribution in [2.45, 2.75) is 26.4 Å². The Bertz CT molecular complexity index is 488. The Labute approximate surface area is 108 Å². The van der Waals surface area contributed by atoms with Crippen molar-refractivity contribution in [1.82, 2.24) is 10.2 Å². The molecule has 0 bridgehead atoms. The van der Waals surface area contributed by atoms with Crippen LogP contribution in [0, 0.1) is 0 Å². The number of H-pyrrole nitrogens is 1. The SMILES string of the molecule is Brc1n[nH]c2ccccc12.CC(C)(C)OC=O. The summed E-state index contributed by atoms with van der Waals surface area (Å²) in [4.78, 5) is 9.60. The van der Waals surface area contributed by atoms with E-state index in [1.54, 1.807) is 0 Å². The van der Waals surface area contributed by atoms with Crippen LogP contribution >= 0.6 is 15.9 Å². The molecule has 2 rings (SSSR count). The molecule has 0 aliphatic rings. The van der Waals surface area contributed by atoms with E-state index in [0.29, 0.717) is 6.47 Å². The molecule has 0 saturated carbocycles. The monoisotopic (exact) mass is 298 g/mol. The number of nitrogens with one attached hydrogen (secondary N) is 1. The average molecular weight is 299 g/mol. The molecule has 0 aliphatic carbocycles. The predicted molar refractivity (Wildman–Crippen MR) is 70.7 cm³/mol. The minimum absolute atomic E-state index is 0.318. The van der Waals surface area contributed by atoms with E-state index in [1.165, 1.54) is 0 Å². The van der Waals surface area contributed by atoms with Crippen LogP contribution in [0.1, 0.15) is 20.8 Å². The van der Waals surface area contributed by atoms with Gasteiger partial charge in [-0.3, -0.25) is 9.89 Å². The lowest BCUT2D eigenvalue weighted by molar-refractivity contribution is -0.138. The zero-order chi connectivity index (χ0) is 12.9. The van der Waals surface area contributed by atoms with Crippen LogP contribution in [0.4, 0.5) is 0 Å². The van der Waals surface area contributed by atoms with Crippen LogP contribution in [-0.2, 0) is 9.53 Å². The van der Waals surface area contributed by atoms with Crippen LogP contribution in [0.5, 0.6) is 0 Å². The number of ether oxygens (including phenoxy) is 1. The number of para-hydroxylation sites is 1. The van der Waals surface area contributed by atoms with Gasteiger partial charge in [-0.25, -0.2) is 0 Å². The fourth-order valence-electron chi connectivity index (χ4n) is 1.07. The number of aromatic nitrogens is 2. The minimum Gasteiger partial charge on any atom is -0.462 e. The summed E-state index contributed by atoms with van der Waals surface area (Å²) in [5.74, 6) is 0. The van der Waals surface area contributed by atoms with Gasteiger partial charge >= 0.3 is 0 Å². The van der Waals surface area contributed by atoms with Gasteiger partial charge in [-0.2, -0.15) is 5.10 Å². The van der Waals surface area contributed by atoms with Gasteiger partial charge in [0.25, 0.3) is 6.47 Å². The first-order chi connectivity index (χ1) is 7.94. The van der Waals surface area contributed by atoms with E-state index >= 15 is 0 Å². The summed E-state index contributed by atoms with van der Waals surface area (Å²) in [5.41, 5.74) is 0.747. The topological polar surface area (TPSA) is 55.0 Å². The highest BCUT2D eigenvalue weighted by Crippen LogP contribution is 2.19. The molecule has 0 radical (unpaired) electrons. The van der Waals surface area contributed by atoms with Gasteiger partial charge in [-0.05, 0) is 42.8 Å². The van der Waals surface area contributed by atoms with Crippen molar-refractivity contribution in [3.8, 4) is 0 Å². The summed E-state index contributed by atoms with van der Waals surface area (Å²) in [6.07, 6.45) is 0. The zero-order valence-corrected chi connectivity index (χ0v) is 11.6. The Morgan fingerprint density at radius 1 is 1.35 bits per heavy atom. The molecule has 0 fully saturated rings. The number of nitrogens with zero attached hydrogens (tertiary/aromatic N) is 1. The number of fused-ring (bicyclic) bond motifs is 1. The Morgan fingerprint density at radius 2 is 2.00 bits per heavy atom. The number of carbonyl (C=O) groups excluding carboxylic acids is 1. The van der Waals surface area contributed by atoms with Gasteiger partial charge in [0.15, 0.2) is 0 Å². The van der Waals surface area contributed by atoms with Gasteiger partial charge in [-0.1, -0.05) is 18.2 Å². The summed E-state index contributed by atoms with van der Waals surface area (Å²) >= 11 is 3.32. The van der Waals surface area contributed by atoms with Crippen LogP contribution in [0.25, 0.3) is 10.9 Å². The summed E-state index contributed by atoms with van der Waals surface area (Å²) in [6, 6.07) is 7.98. The molecular weight excluding hydrogens is 284 g/mol. The molecule has 0 aliphatic heterocycles. The zero-order valence-electron chi connectivity index (χ0n) is 10.0. The molecule has 0 atom stereocenters. The maximum atomic E-state index is 9.60. The fraction of sp³-hybridized carbons (Fsp3) is 0.333. The maximum Gasteiger partial charge on any atom is 0.293 e. The van der Waals surface area contributed by atoms with Gasteiger partial charge in [0.2, 0.25) is 0 Å². The predicted octanol–water partition coefficient (Wildman–Crippen LogP) is 3.28. The minimum atomic E-state index is -0.318. The van der Waals surface area contributed by atoms with Crippen molar-refractivity contribution < 1.29 is 9.53 Å². The first-order valence-electron chi connectivity index (χ1n) is 5.14. The van der Waals surface area contributed by atoms with Crippen LogP contribution in [0.3, 0.4) is 0 Å². The van der Waals surface area contributed by atoms with Gasteiger partial charge in [0.05, 0.1) is 5.52 Å². The maximum absolute atomic E-state index is 9.60. The van der Waals surface area contributed by atoms with Crippen LogP contribution < -0.4 is 0 Å². The Balaban J connectivity index is 0.000000185. The Morgan fingerprint density at radius 3 is 2.47 bits per heavy atom. The molecular formula is C12H15BrN2O2. The molecule has 92 valence electrons.